The van der Waals surface area contributed by atoms with Crippen molar-refractivity contribution in [3.8, 4) is 0 Å². The van der Waals surface area contributed by atoms with Crippen molar-refractivity contribution in [1.29, 1.82) is 0 Å². The maximum Gasteiger partial charge on any atom is 0.253 e. The molecule has 1 aliphatic heterocycles. The van der Waals surface area contributed by atoms with Crippen molar-refractivity contribution in [2.24, 2.45) is 5.92 Å². The summed E-state index contributed by atoms with van der Waals surface area (Å²) in [5.41, 5.74) is 0.571. The molecule has 0 saturated carbocycles. The zero-order valence-corrected chi connectivity index (χ0v) is 12.0. The predicted molar refractivity (Wildman–Crippen MR) is 73.4 cm³/mol. The molecule has 1 amide bonds. The third-order valence-electron chi connectivity index (χ3n) is 3.57. The van der Waals surface area contributed by atoms with E-state index in [1.54, 1.807) is 12.1 Å². The zero-order valence-electron chi connectivity index (χ0n) is 10.4. The first kappa shape index (κ1) is 13.5. The first-order valence-electron chi connectivity index (χ1n) is 6.27. The van der Waals surface area contributed by atoms with Crippen LogP contribution in [-0.4, -0.2) is 28.7 Å². The Morgan fingerprint density at radius 3 is 2.39 bits per heavy atom. The lowest BCUT2D eigenvalue weighted by Gasteiger charge is -2.33. The fourth-order valence-electron chi connectivity index (χ4n) is 2.34. The molecule has 98 valence electrons. The largest absolute Gasteiger partial charge is 0.339 e. The summed E-state index contributed by atoms with van der Waals surface area (Å²) in [5.74, 6) is 0.344. The number of hydrogen-bond donors (Lipinski definition) is 0. The minimum atomic E-state index is -0.307. The normalized spacial score (nSPS) is 18.7. The molecule has 0 aromatic heterocycles. The van der Waals surface area contributed by atoms with Crippen LogP contribution in [0.1, 0.15) is 30.1 Å². The summed E-state index contributed by atoms with van der Waals surface area (Å²) in [5, 5.41) is 0. The molecule has 0 spiro atoms. The van der Waals surface area contributed by atoms with Crippen LogP contribution < -0.4 is 0 Å². The highest BCUT2D eigenvalue weighted by molar-refractivity contribution is 9.09. The van der Waals surface area contributed by atoms with Crippen LogP contribution in [0.25, 0.3) is 0 Å². The number of hydrogen-bond acceptors (Lipinski definition) is 1. The van der Waals surface area contributed by atoms with Crippen molar-refractivity contribution >= 4 is 21.8 Å². The van der Waals surface area contributed by atoms with E-state index >= 15 is 0 Å². The van der Waals surface area contributed by atoms with Gasteiger partial charge in [0.2, 0.25) is 0 Å². The number of likely N-dealkylation sites (tertiary alicyclic amines) is 1. The predicted octanol–water partition coefficient (Wildman–Crippen LogP) is 3.46. The molecule has 2 rings (SSSR count). The first-order valence-corrected chi connectivity index (χ1v) is 7.18. The van der Waals surface area contributed by atoms with Gasteiger partial charge in [0.1, 0.15) is 5.82 Å². The quantitative estimate of drug-likeness (QED) is 0.766. The second kappa shape index (κ2) is 5.83. The third-order valence-corrected chi connectivity index (χ3v) is 4.32. The van der Waals surface area contributed by atoms with Gasteiger partial charge in [0.05, 0.1) is 0 Å². The Kier molecular flexibility index (Phi) is 4.38. The first-order chi connectivity index (χ1) is 8.58. The number of piperidine rings is 1. The number of carbonyl (C=O) groups is 1. The van der Waals surface area contributed by atoms with Crippen LogP contribution in [-0.2, 0) is 0 Å². The van der Waals surface area contributed by atoms with Crippen LogP contribution in [0.5, 0.6) is 0 Å². The van der Waals surface area contributed by atoms with Crippen LogP contribution in [0.4, 0.5) is 4.39 Å². The SMILES string of the molecule is CC(Br)C1CCN(C(=O)c2ccc(F)cc2)CC1. The molecule has 0 bridgehead atoms. The van der Waals surface area contributed by atoms with Crippen molar-refractivity contribution in [3.05, 3.63) is 35.6 Å². The highest BCUT2D eigenvalue weighted by Gasteiger charge is 2.25. The topological polar surface area (TPSA) is 20.3 Å². The van der Waals surface area contributed by atoms with E-state index in [0.717, 1.165) is 25.9 Å². The molecule has 1 heterocycles. The van der Waals surface area contributed by atoms with E-state index < -0.39 is 0 Å². The van der Waals surface area contributed by atoms with Gasteiger partial charge in [0.15, 0.2) is 0 Å². The number of halogens is 2. The Bertz CT molecular complexity index is 410. The number of alkyl halides is 1. The van der Waals surface area contributed by atoms with Gasteiger partial charge in [-0.05, 0) is 43.0 Å². The molecule has 1 fully saturated rings. The maximum atomic E-state index is 12.8. The van der Waals surface area contributed by atoms with Crippen LogP contribution in [0.15, 0.2) is 24.3 Å². The molecular weight excluding hydrogens is 297 g/mol. The average Bonchev–Trinajstić information content (AvgIpc) is 2.39. The van der Waals surface area contributed by atoms with E-state index in [0.29, 0.717) is 16.3 Å². The number of amides is 1. The monoisotopic (exact) mass is 313 g/mol. The molecule has 18 heavy (non-hydrogen) atoms. The van der Waals surface area contributed by atoms with Crippen molar-refractivity contribution in [1.82, 2.24) is 4.90 Å². The summed E-state index contributed by atoms with van der Waals surface area (Å²) >= 11 is 3.60. The summed E-state index contributed by atoms with van der Waals surface area (Å²) < 4.78 is 12.8. The third kappa shape index (κ3) is 3.10. The molecule has 1 unspecified atom stereocenters. The molecule has 1 aromatic rings. The zero-order chi connectivity index (χ0) is 13.1. The standard InChI is InChI=1S/C14H17BrFNO/c1-10(15)11-6-8-17(9-7-11)14(18)12-2-4-13(16)5-3-12/h2-5,10-11H,6-9H2,1H3. The average molecular weight is 314 g/mol. The smallest absolute Gasteiger partial charge is 0.253 e. The Labute approximate surface area is 115 Å². The van der Waals surface area contributed by atoms with Gasteiger partial charge in [-0.25, -0.2) is 4.39 Å². The number of nitrogens with zero attached hydrogens (tertiary/aromatic N) is 1. The minimum absolute atomic E-state index is 0.00988. The van der Waals surface area contributed by atoms with E-state index in [1.807, 2.05) is 4.90 Å². The summed E-state index contributed by atoms with van der Waals surface area (Å²) in [6, 6.07) is 5.77. The molecule has 0 radical (unpaired) electrons. The molecule has 4 heteroatoms. The van der Waals surface area contributed by atoms with Crippen LogP contribution >= 0.6 is 15.9 Å². The second-order valence-corrected chi connectivity index (χ2v) is 6.26. The molecular formula is C14H17BrFNO. The fraction of sp³-hybridized carbons (Fsp3) is 0.500. The number of benzene rings is 1. The summed E-state index contributed by atoms with van der Waals surface area (Å²) in [6.07, 6.45) is 2.05. The molecule has 0 N–H and O–H groups in total. The van der Waals surface area contributed by atoms with E-state index in [1.165, 1.54) is 12.1 Å². The lowest BCUT2D eigenvalue weighted by Crippen LogP contribution is -2.39. The highest BCUT2D eigenvalue weighted by Crippen LogP contribution is 2.25. The van der Waals surface area contributed by atoms with E-state index in [-0.39, 0.29) is 11.7 Å². The van der Waals surface area contributed by atoms with Gasteiger partial charge in [-0.2, -0.15) is 0 Å². The fourth-order valence-corrected chi connectivity index (χ4v) is 2.87. The molecule has 2 nitrogen and oxygen atoms in total. The Morgan fingerprint density at radius 1 is 1.33 bits per heavy atom. The Morgan fingerprint density at radius 2 is 1.89 bits per heavy atom. The number of carbonyl (C=O) groups excluding carboxylic acids is 1. The van der Waals surface area contributed by atoms with Gasteiger partial charge < -0.3 is 4.90 Å². The highest BCUT2D eigenvalue weighted by atomic mass is 79.9. The molecule has 1 atom stereocenters. The van der Waals surface area contributed by atoms with Gasteiger partial charge in [-0.3, -0.25) is 4.79 Å². The lowest BCUT2D eigenvalue weighted by molar-refractivity contribution is 0.0691. The van der Waals surface area contributed by atoms with Crippen molar-refractivity contribution in [2.75, 3.05) is 13.1 Å². The van der Waals surface area contributed by atoms with Gasteiger partial charge in [-0.15, -0.1) is 0 Å². The molecule has 1 saturated heterocycles. The Hall–Kier alpha value is -0.900. The van der Waals surface area contributed by atoms with Crippen LogP contribution in [0.3, 0.4) is 0 Å². The van der Waals surface area contributed by atoms with E-state index in [9.17, 15) is 9.18 Å². The molecule has 1 aliphatic rings. The van der Waals surface area contributed by atoms with Gasteiger partial charge >= 0.3 is 0 Å². The Balaban J connectivity index is 1.97. The molecule has 0 aliphatic carbocycles. The van der Waals surface area contributed by atoms with Crippen molar-refractivity contribution < 1.29 is 9.18 Å². The minimum Gasteiger partial charge on any atom is -0.339 e. The summed E-state index contributed by atoms with van der Waals surface area (Å²) in [6.45, 7) is 3.73. The van der Waals surface area contributed by atoms with Crippen molar-refractivity contribution in [3.63, 3.8) is 0 Å². The van der Waals surface area contributed by atoms with Crippen LogP contribution in [0, 0.1) is 11.7 Å². The lowest BCUT2D eigenvalue weighted by atomic mass is 9.94. The van der Waals surface area contributed by atoms with E-state index in [2.05, 4.69) is 22.9 Å². The van der Waals surface area contributed by atoms with Crippen molar-refractivity contribution in [2.45, 2.75) is 24.6 Å². The van der Waals surface area contributed by atoms with Gasteiger partial charge in [0, 0.05) is 23.5 Å². The summed E-state index contributed by atoms with van der Waals surface area (Å²) in [7, 11) is 0. The summed E-state index contributed by atoms with van der Waals surface area (Å²) in [4.78, 5) is 14.5. The maximum absolute atomic E-state index is 12.8. The second-order valence-electron chi connectivity index (χ2n) is 4.81. The van der Waals surface area contributed by atoms with E-state index in [4.69, 9.17) is 0 Å². The van der Waals surface area contributed by atoms with Gasteiger partial charge in [-0.1, -0.05) is 22.9 Å². The number of rotatable bonds is 2. The molecule has 1 aromatic carbocycles. The van der Waals surface area contributed by atoms with Gasteiger partial charge in [0.25, 0.3) is 5.91 Å². The van der Waals surface area contributed by atoms with Crippen LogP contribution in [0.2, 0.25) is 0 Å².